The normalized spacial score (nSPS) is 18.8. The first-order valence-electron chi connectivity index (χ1n) is 8.48. The Morgan fingerprint density at radius 3 is 2.92 bits per heavy atom. The lowest BCUT2D eigenvalue weighted by molar-refractivity contribution is 0.246. The van der Waals surface area contributed by atoms with Gasteiger partial charge in [0.25, 0.3) is 0 Å². The van der Waals surface area contributed by atoms with Gasteiger partial charge in [-0.15, -0.1) is 0 Å². The van der Waals surface area contributed by atoms with E-state index in [4.69, 9.17) is 0 Å². The maximum absolute atomic E-state index is 11.9. The molecule has 1 N–H and O–H groups in total. The number of nitrogens with zero attached hydrogens (tertiary/aromatic N) is 4. The van der Waals surface area contributed by atoms with E-state index < -0.39 is 10.0 Å². The van der Waals surface area contributed by atoms with Crippen molar-refractivity contribution in [2.24, 2.45) is 0 Å². The summed E-state index contributed by atoms with van der Waals surface area (Å²) in [6.45, 7) is 1.25. The topological polar surface area (TPSA) is 88.1 Å². The zero-order valence-corrected chi connectivity index (χ0v) is 15.1. The predicted molar refractivity (Wildman–Crippen MR) is 97.6 cm³/mol. The third kappa shape index (κ3) is 4.73. The second kappa shape index (κ2) is 7.88. The zero-order chi connectivity index (χ0) is 17.7. The lowest BCUT2D eigenvalue weighted by atomic mass is 10.0. The van der Waals surface area contributed by atoms with Gasteiger partial charge in [0.15, 0.2) is 0 Å². The molecule has 25 heavy (non-hydrogen) atoms. The Morgan fingerprint density at radius 2 is 2.16 bits per heavy atom. The first-order chi connectivity index (χ1) is 12.0. The van der Waals surface area contributed by atoms with E-state index in [0.29, 0.717) is 19.0 Å². The van der Waals surface area contributed by atoms with E-state index >= 15 is 0 Å². The molecule has 3 heterocycles. The molecule has 2 aromatic heterocycles. The molecular weight excluding hydrogens is 338 g/mol. The molecule has 1 aliphatic rings. The van der Waals surface area contributed by atoms with Gasteiger partial charge in [0.1, 0.15) is 0 Å². The van der Waals surface area contributed by atoms with Gasteiger partial charge < -0.3 is 5.32 Å². The molecule has 1 atom stereocenters. The van der Waals surface area contributed by atoms with Crippen molar-refractivity contribution in [1.82, 2.24) is 19.3 Å². The number of anilines is 1. The molecule has 0 radical (unpaired) electrons. The highest BCUT2D eigenvalue weighted by Gasteiger charge is 2.28. The molecule has 8 heteroatoms. The minimum Gasteiger partial charge on any atom is -0.354 e. The summed E-state index contributed by atoms with van der Waals surface area (Å²) >= 11 is 0. The number of sulfonamides is 1. The van der Waals surface area contributed by atoms with E-state index in [0.717, 1.165) is 36.9 Å². The molecule has 0 amide bonds. The highest BCUT2D eigenvalue weighted by molar-refractivity contribution is 7.88. The van der Waals surface area contributed by atoms with Crippen LogP contribution in [0.25, 0.3) is 11.3 Å². The van der Waals surface area contributed by atoms with Crippen molar-refractivity contribution < 1.29 is 8.42 Å². The number of hydrogen-bond acceptors (Lipinski definition) is 6. The molecule has 0 bridgehead atoms. The summed E-state index contributed by atoms with van der Waals surface area (Å²) < 4.78 is 25.4. The van der Waals surface area contributed by atoms with Gasteiger partial charge in [0.2, 0.25) is 16.0 Å². The molecule has 2 aromatic rings. The van der Waals surface area contributed by atoms with E-state index in [9.17, 15) is 8.42 Å². The first kappa shape index (κ1) is 17.8. The predicted octanol–water partition coefficient (Wildman–Crippen LogP) is 2.15. The van der Waals surface area contributed by atoms with E-state index in [1.165, 1.54) is 6.26 Å². The largest absolute Gasteiger partial charge is 0.354 e. The van der Waals surface area contributed by atoms with Crippen molar-refractivity contribution in [3.05, 3.63) is 36.8 Å². The van der Waals surface area contributed by atoms with Crippen molar-refractivity contribution in [1.29, 1.82) is 0 Å². The fraction of sp³-hybridized carbons (Fsp3) is 0.471. The van der Waals surface area contributed by atoms with Crippen LogP contribution in [-0.4, -0.2) is 53.1 Å². The number of hydrogen-bond donors (Lipinski definition) is 1. The van der Waals surface area contributed by atoms with E-state index in [-0.39, 0.29) is 6.04 Å². The van der Waals surface area contributed by atoms with Crippen LogP contribution in [0.5, 0.6) is 0 Å². The fourth-order valence-electron chi connectivity index (χ4n) is 3.17. The first-order valence-corrected chi connectivity index (χ1v) is 10.3. The zero-order valence-electron chi connectivity index (χ0n) is 14.3. The van der Waals surface area contributed by atoms with Gasteiger partial charge in [-0.3, -0.25) is 4.98 Å². The number of pyridine rings is 1. The van der Waals surface area contributed by atoms with Crippen molar-refractivity contribution in [3.63, 3.8) is 0 Å². The van der Waals surface area contributed by atoms with Gasteiger partial charge in [0, 0.05) is 43.3 Å². The van der Waals surface area contributed by atoms with Crippen LogP contribution in [0.1, 0.15) is 25.7 Å². The van der Waals surface area contributed by atoms with Crippen molar-refractivity contribution in [2.45, 2.75) is 31.7 Å². The Morgan fingerprint density at radius 1 is 1.28 bits per heavy atom. The van der Waals surface area contributed by atoms with Gasteiger partial charge in [-0.2, -0.15) is 4.31 Å². The molecular formula is C17H23N5O2S. The van der Waals surface area contributed by atoms with E-state index in [2.05, 4.69) is 20.3 Å². The second-order valence-corrected chi connectivity index (χ2v) is 8.18. The molecule has 1 fully saturated rings. The smallest absolute Gasteiger partial charge is 0.223 e. The minimum absolute atomic E-state index is 0.0535. The molecule has 3 rings (SSSR count). The van der Waals surface area contributed by atoms with Crippen LogP contribution in [0.15, 0.2) is 36.8 Å². The Bertz CT molecular complexity index is 798. The lowest BCUT2D eigenvalue weighted by Gasteiger charge is -2.33. The Kier molecular flexibility index (Phi) is 5.60. The highest BCUT2D eigenvalue weighted by Crippen LogP contribution is 2.22. The third-order valence-electron chi connectivity index (χ3n) is 4.37. The number of nitrogens with one attached hydrogen (secondary N) is 1. The summed E-state index contributed by atoms with van der Waals surface area (Å²) in [5.74, 6) is 0.545. The van der Waals surface area contributed by atoms with Gasteiger partial charge >= 0.3 is 0 Å². The molecule has 7 nitrogen and oxygen atoms in total. The third-order valence-corrected chi connectivity index (χ3v) is 5.71. The molecule has 0 spiro atoms. The summed E-state index contributed by atoms with van der Waals surface area (Å²) in [7, 11) is -3.15. The molecule has 134 valence electrons. The average Bonchev–Trinajstić information content (AvgIpc) is 2.62. The molecule has 1 saturated heterocycles. The number of aromatic nitrogens is 3. The summed E-state index contributed by atoms with van der Waals surface area (Å²) in [6.07, 6.45) is 10.1. The Balaban J connectivity index is 1.60. The van der Waals surface area contributed by atoms with Crippen LogP contribution >= 0.6 is 0 Å². The van der Waals surface area contributed by atoms with Crippen molar-refractivity contribution >= 4 is 16.0 Å². The Labute approximate surface area is 148 Å². The maximum atomic E-state index is 11.9. The standard InChI is InChI=1S/C17H23N5O2S/c1-25(23,24)22-12-3-2-6-15(22)7-10-19-17-20-11-8-16(21-17)14-5-4-9-18-13-14/h4-5,8-9,11,13,15H,2-3,6-7,10,12H2,1H3,(H,19,20,21)/t15-/m0/s1. The lowest BCUT2D eigenvalue weighted by Crippen LogP contribution is -2.43. The molecule has 0 aliphatic carbocycles. The molecule has 0 unspecified atom stereocenters. The van der Waals surface area contributed by atoms with Crippen LogP contribution in [0.2, 0.25) is 0 Å². The monoisotopic (exact) mass is 361 g/mol. The number of rotatable bonds is 6. The maximum Gasteiger partial charge on any atom is 0.223 e. The van der Waals surface area contributed by atoms with Crippen molar-refractivity contribution in [3.8, 4) is 11.3 Å². The van der Waals surface area contributed by atoms with E-state index in [1.807, 2.05) is 18.2 Å². The summed E-state index contributed by atoms with van der Waals surface area (Å²) in [5.41, 5.74) is 1.74. The van der Waals surface area contributed by atoms with Gasteiger partial charge in [-0.1, -0.05) is 6.42 Å². The van der Waals surface area contributed by atoms with Crippen LogP contribution in [0.4, 0.5) is 5.95 Å². The Hall–Kier alpha value is -2.06. The minimum atomic E-state index is -3.15. The van der Waals surface area contributed by atoms with Gasteiger partial charge in [0.05, 0.1) is 11.9 Å². The summed E-state index contributed by atoms with van der Waals surface area (Å²) in [5, 5.41) is 3.21. The van der Waals surface area contributed by atoms with E-state index in [1.54, 1.807) is 22.9 Å². The van der Waals surface area contributed by atoms with Crippen LogP contribution < -0.4 is 5.32 Å². The summed E-state index contributed by atoms with van der Waals surface area (Å²) in [4.78, 5) is 12.8. The van der Waals surface area contributed by atoms with Crippen LogP contribution in [-0.2, 0) is 10.0 Å². The van der Waals surface area contributed by atoms with Gasteiger partial charge in [-0.25, -0.2) is 18.4 Å². The SMILES string of the molecule is CS(=O)(=O)N1CCCC[C@H]1CCNc1nccc(-c2cccnc2)n1. The van der Waals surface area contributed by atoms with Gasteiger partial charge in [-0.05, 0) is 37.5 Å². The molecule has 0 aromatic carbocycles. The average molecular weight is 361 g/mol. The summed E-state index contributed by atoms with van der Waals surface area (Å²) in [6, 6.07) is 5.71. The molecule has 1 aliphatic heterocycles. The van der Waals surface area contributed by atoms with Crippen LogP contribution in [0.3, 0.4) is 0 Å². The highest BCUT2D eigenvalue weighted by atomic mass is 32.2. The fourth-order valence-corrected chi connectivity index (χ4v) is 4.38. The van der Waals surface area contributed by atoms with Crippen LogP contribution in [0, 0.1) is 0 Å². The molecule has 0 saturated carbocycles. The second-order valence-electron chi connectivity index (χ2n) is 6.25. The number of piperidine rings is 1. The quantitative estimate of drug-likeness (QED) is 0.848. The van der Waals surface area contributed by atoms with Crippen molar-refractivity contribution in [2.75, 3.05) is 24.7 Å².